The van der Waals surface area contributed by atoms with Gasteiger partial charge in [-0.3, -0.25) is 4.79 Å². The van der Waals surface area contributed by atoms with Crippen molar-refractivity contribution >= 4 is 11.9 Å². The normalized spacial score (nSPS) is 15.3. The van der Waals surface area contributed by atoms with Gasteiger partial charge in [-0.25, -0.2) is 0 Å². The average Bonchev–Trinajstić information content (AvgIpc) is 2.72. The summed E-state index contributed by atoms with van der Waals surface area (Å²) in [5.41, 5.74) is 2.98. The van der Waals surface area contributed by atoms with E-state index in [1.54, 1.807) is 6.08 Å². The van der Waals surface area contributed by atoms with Crippen LogP contribution < -0.4 is 4.74 Å². The lowest BCUT2D eigenvalue weighted by atomic mass is 9.90. The number of carbonyl (C=O) groups excluding carboxylic acids is 1. The van der Waals surface area contributed by atoms with Gasteiger partial charge < -0.3 is 4.74 Å². The van der Waals surface area contributed by atoms with E-state index in [9.17, 15) is 4.79 Å². The minimum absolute atomic E-state index is 0.0104. The standard InChI is InChI=1S/C24H28O2/c1-2-19-12-14-20(15-13-19)16-17-23(25)22-10-6-7-11-24(22)26-18-21-8-4-3-5-9-21/h6-7,10-17,21H,2-5,8-9,18H2,1H3/b17-16+. The van der Waals surface area contributed by atoms with Gasteiger partial charge in [0.25, 0.3) is 0 Å². The molecule has 136 valence electrons. The molecule has 2 aromatic carbocycles. The second-order valence-corrected chi connectivity index (χ2v) is 7.10. The third kappa shape index (κ3) is 5.08. The number of ether oxygens (including phenoxy) is 1. The van der Waals surface area contributed by atoms with Gasteiger partial charge in [0.05, 0.1) is 12.2 Å². The summed E-state index contributed by atoms with van der Waals surface area (Å²) in [6, 6.07) is 15.9. The second kappa shape index (κ2) is 9.38. The SMILES string of the molecule is CCc1ccc(/C=C/C(=O)c2ccccc2OCC2CCCCC2)cc1. The summed E-state index contributed by atoms with van der Waals surface area (Å²) >= 11 is 0. The summed E-state index contributed by atoms with van der Waals surface area (Å²) in [5, 5.41) is 0. The van der Waals surface area contributed by atoms with Gasteiger partial charge in [-0.15, -0.1) is 0 Å². The van der Waals surface area contributed by atoms with E-state index in [0.29, 0.717) is 23.8 Å². The molecule has 1 aliphatic rings. The summed E-state index contributed by atoms with van der Waals surface area (Å²) in [5.74, 6) is 1.32. The van der Waals surface area contributed by atoms with Crippen LogP contribution in [0.1, 0.15) is 60.5 Å². The Balaban J connectivity index is 1.65. The molecule has 1 saturated carbocycles. The smallest absolute Gasteiger partial charge is 0.189 e. The van der Waals surface area contributed by atoms with Crippen LogP contribution in [-0.4, -0.2) is 12.4 Å². The maximum absolute atomic E-state index is 12.6. The van der Waals surface area contributed by atoms with Crippen LogP contribution in [0.15, 0.2) is 54.6 Å². The zero-order valence-corrected chi connectivity index (χ0v) is 15.6. The number of ketones is 1. The van der Waals surface area contributed by atoms with Gasteiger partial charge in [-0.1, -0.05) is 68.7 Å². The second-order valence-electron chi connectivity index (χ2n) is 7.10. The third-order valence-electron chi connectivity index (χ3n) is 5.17. The lowest BCUT2D eigenvalue weighted by molar-refractivity contribution is 0.104. The van der Waals surface area contributed by atoms with Crippen molar-refractivity contribution in [3.05, 3.63) is 71.3 Å². The van der Waals surface area contributed by atoms with E-state index < -0.39 is 0 Å². The van der Waals surface area contributed by atoms with Crippen molar-refractivity contribution in [1.29, 1.82) is 0 Å². The Labute approximate surface area is 156 Å². The maximum Gasteiger partial charge on any atom is 0.189 e. The molecule has 0 atom stereocenters. The van der Waals surface area contributed by atoms with Crippen LogP contribution in [0.25, 0.3) is 6.08 Å². The van der Waals surface area contributed by atoms with Crippen LogP contribution >= 0.6 is 0 Å². The predicted molar refractivity (Wildman–Crippen MR) is 108 cm³/mol. The van der Waals surface area contributed by atoms with Crippen molar-refractivity contribution in [3.8, 4) is 5.75 Å². The number of carbonyl (C=O) groups is 1. The number of para-hydroxylation sites is 1. The van der Waals surface area contributed by atoms with Crippen LogP contribution in [0.2, 0.25) is 0 Å². The van der Waals surface area contributed by atoms with Crippen molar-refractivity contribution in [3.63, 3.8) is 0 Å². The molecule has 2 nitrogen and oxygen atoms in total. The van der Waals surface area contributed by atoms with Crippen LogP contribution in [0.3, 0.4) is 0 Å². The quantitative estimate of drug-likeness (QED) is 0.446. The summed E-state index contributed by atoms with van der Waals surface area (Å²) in [6.07, 6.45) is 11.0. The van der Waals surface area contributed by atoms with Crippen LogP contribution in [0.4, 0.5) is 0 Å². The summed E-state index contributed by atoms with van der Waals surface area (Å²) in [7, 11) is 0. The highest BCUT2D eigenvalue weighted by Gasteiger charge is 2.16. The molecule has 0 aromatic heterocycles. The van der Waals surface area contributed by atoms with E-state index in [4.69, 9.17) is 4.74 Å². The Hall–Kier alpha value is -2.35. The van der Waals surface area contributed by atoms with Gasteiger partial charge in [-0.2, -0.15) is 0 Å². The first kappa shape index (κ1) is 18.4. The highest BCUT2D eigenvalue weighted by molar-refractivity contribution is 6.08. The lowest BCUT2D eigenvalue weighted by Gasteiger charge is -2.22. The first-order valence-electron chi connectivity index (χ1n) is 9.79. The van der Waals surface area contributed by atoms with E-state index in [1.165, 1.54) is 37.7 Å². The van der Waals surface area contributed by atoms with Gasteiger partial charge >= 0.3 is 0 Å². The molecule has 0 aliphatic heterocycles. The molecule has 1 fully saturated rings. The molecule has 0 bridgehead atoms. The van der Waals surface area contributed by atoms with Crippen molar-refractivity contribution in [2.75, 3.05) is 6.61 Å². The number of hydrogen-bond acceptors (Lipinski definition) is 2. The number of benzene rings is 2. The maximum atomic E-state index is 12.6. The van der Waals surface area contributed by atoms with Gasteiger partial charge in [0.1, 0.15) is 5.75 Å². The van der Waals surface area contributed by atoms with E-state index in [0.717, 1.165) is 12.0 Å². The molecule has 1 aliphatic carbocycles. The monoisotopic (exact) mass is 348 g/mol. The minimum atomic E-state index is -0.0104. The van der Waals surface area contributed by atoms with E-state index in [1.807, 2.05) is 42.5 Å². The molecule has 0 saturated heterocycles. The molecule has 0 radical (unpaired) electrons. The summed E-state index contributed by atoms with van der Waals surface area (Å²) < 4.78 is 6.03. The topological polar surface area (TPSA) is 26.3 Å². The minimum Gasteiger partial charge on any atom is -0.493 e. The van der Waals surface area contributed by atoms with E-state index in [2.05, 4.69) is 19.1 Å². The molecule has 26 heavy (non-hydrogen) atoms. The highest BCUT2D eigenvalue weighted by atomic mass is 16.5. The molecular weight excluding hydrogens is 320 g/mol. The highest BCUT2D eigenvalue weighted by Crippen LogP contribution is 2.26. The van der Waals surface area contributed by atoms with Crippen LogP contribution in [0.5, 0.6) is 5.75 Å². The fourth-order valence-corrected chi connectivity index (χ4v) is 3.48. The van der Waals surface area contributed by atoms with Crippen LogP contribution in [-0.2, 0) is 6.42 Å². The zero-order valence-electron chi connectivity index (χ0n) is 15.6. The van der Waals surface area contributed by atoms with Crippen molar-refractivity contribution < 1.29 is 9.53 Å². The molecular formula is C24H28O2. The van der Waals surface area contributed by atoms with Gasteiger partial charge in [0.2, 0.25) is 0 Å². The fourth-order valence-electron chi connectivity index (χ4n) is 3.48. The van der Waals surface area contributed by atoms with Gasteiger partial charge in [0.15, 0.2) is 5.78 Å². The fraction of sp³-hybridized carbons (Fsp3) is 0.375. The predicted octanol–water partition coefficient (Wildman–Crippen LogP) is 6.10. The number of aryl methyl sites for hydroxylation is 1. The Morgan fingerprint density at radius 3 is 2.50 bits per heavy atom. The Morgan fingerprint density at radius 2 is 1.77 bits per heavy atom. The molecule has 0 unspecified atom stereocenters. The Morgan fingerprint density at radius 1 is 1.04 bits per heavy atom. The molecule has 0 amide bonds. The molecule has 2 aromatic rings. The van der Waals surface area contributed by atoms with Crippen molar-refractivity contribution in [2.45, 2.75) is 45.4 Å². The van der Waals surface area contributed by atoms with Crippen molar-refractivity contribution in [1.82, 2.24) is 0 Å². The number of allylic oxidation sites excluding steroid dienone is 1. The molecule has 0 N–H and O–H groups in total. The Kier molecular flexibility index (Phi) is 6.65. The molecule has 0 spiro atoms. The average molecular weight is 348 g/mol. The van der Waals surface area contributed by atoms with Crippen molar-refractivity contribution in [2.24, 2.45) is 5.92 Å². The first-order chi connectivity index (χ1) is 12.8. The number of rotatable bonds is 7. The van der Waals surface area contributed by atoms with Gasteiger partial charge in [0, 0.05) is 0 Å². The zero-order chi connectivity index (χ0) is 18.2. The van der Waals surface area contributed by atoms with E-state index in [-0.39, 0.29) is 5.78 Å². The van der Waals surface area contributed by atoms with E-state index >= 15 is 0 Å². The number of hydrogen-bond donors (Lipinski definition) is 0. The summed E-state index contributed by atoms with van der Waals surface area (Å²) in [4.78, 5) is 12.6. The summed E-state index contributed by atoms with van der Waals surface area (Å²) in [6.45, 7) is 2.85. The lowest BCUT2D eigenvalue weighted by Crippen LogP contribution is -2.16. The Bertz CT molecular complexity index is 737. The van der Waals surface area contributed by atoms with Gasteiger partial charge in [-0.05, 0) is 54.5 Å². The largest absolute Gasteiger partial charge is 0.493 e. The van der Waals surface area contributed by atoms with Crippen LogP contribution in [0, 0.1) is 5.92 Å². The molecule has 2 heteroatoms. The third-order valence-corrected chi connectivity index (χ3v) is 5.17. The molecule has 0 heterocycles. The molecule has 3 rings (SSSR count). The first-order valence-corrected chi connectivity index (χ1v) is 9.79.